The highest BCUT2D eigenvalue weighted by Gasteiger charge is 2.19. The zero-order valence-corrected chi connectivity index (χ0v) is 17.7. The van der Waals surface area contributed by atoms with Crippen LogP contribution in [-0.4, -0.2) is 47.3 Å². The van der Waals surface area contributed by atoms with E-state index in [1.165, 1.54) is 18.2 Å². The topological polar surface area (TPSA) is 87.6 Å². The van der Waals surface area contributed by atoms with Crippen molar-refractivity contribution in [2.75, 3.05) is 36.5 Å². The van der Waals surface area contributed by atoms with Gasteiger partial charge in [-0.1, -0.05) is 29.8 Å². The number of halogens is 2. The number of nitrogens with one attached hydrogen (secondary N) is 1. The molecule has 1 aliphatic heterocycles. The SMILES string of the molecule is O=C(O)C=Cc1cccc(-c2cnc(Nc3ccc(F)c(Cl)c3)nc2N2CCOCC2)c1. The minimum Gasteiger partial charge on any atom is -0.478 e. The molecule has 1 aliphatic rings. The number of aromatic nitrogens is 2. The molecule has 9 heteroatoms. The lowest BCUT2D eigenvalue weighted by Crippen LogP contribution is -2.37. The van der Waals surface area contributed by atoms with E-state index in [1.54, 1.807) is 12.3 Å². The standard InChI is InChI=1S/C23H20ClFN4O3/c24-19-13-17(5-6-20(19)25)27-23-26-14-18(22(28-23)29-8-10-32-11-9-29)16-3-1-2-15(12-16)4-7-21(30)31/h1-7,12-14H,8-11H2,(H,30,31)(H,26,27,28). The van der Waals surface area contributed by atoms with Crippen molar-refractivity contribution in [2.24, 2.45) is 0 Å². The van der Waals surface area contributed by atoms with E-state index < -0.39 is 11.8 Å². The first-order valence-electron chi connectivity index (χ1n) is 9.93. The van der Waals surface area contributed by atoms with E-state index in [9.17, 15) is 9.18 Å². The minimum absolute atomic E-state index is 0.00579. The van der Waals surface area contributed by atoms with Gasteiger partial charge in [0, 0.05) is 36.6 Å². The van der Waals surface area contributed by atoms with Gasteiger partial charge < -0.3 is 20.1 Å². The van der Waals surface area contributed by atoms with Crippen LogP contribution in [0.25, 0.3) is 17.2 Å². The molecule has 2 heterocycles. The lowest BCUT2D eigenvalue weighted by Gasteiger charge is -2.29. The molecule has 32 heavy (non-hydrogen) atoms. The Kier molecular flexibility index (Phi) is 6.63. The average molecular weight is 455 g/mol. The van der Waals surface area contributed by atoms with Gasteiger partial charge in [-0.05, 0) is 41.5 Å². The number of anilines is 3. The minimum atomic E-state index is -1.01. The quantitative estimate of drug-likeness (QED) is 0.525. The van der Waals surface area contributed by atoms with Crippen LogP contribution in [0.2, 0.25) is 5.02 Å². The van der Waals surface area contributed by atoms with Gasteiger partial charge in [0.25, 0.3) is 0 Å². The van der Waals surface area contributed by atoms with Crippen LogP contribution in [0.4, 0.5) is 21.8 Å². The van der Waals surface area contributed by atoms with Crippen molar-refractivity contribution in [3.63, 3.8) is 0 Å². The van der Waals surface area contributed by atoms with Gasteiger partial charge in [-0.25, -0.2) is 14.2 Å². The summed E-state index contributed by atoms with van der Waals surface area (Å²) in [5, 5.41) is 12.0. The van der Waals surface area contributed by atoms with Gasteiger partial charge in [0.05, 0.1) is 18.2 Å². The second kappa shape index (κ2) is 9.76. The molecule has 2 aromatic carbocycles. The molecule has 0 spiro atoms. The molecule has 0 saturated carbocycles. The Morgan fingerprint density at radius 2 is 2.03 bits per heavy atom. The highest BCUT2D eigenvalue weighted by molar-refractivity contribution is 6.31. The Hall–Kier alpha value is -3.49. The Bertz CT molecular complexity index is 1170. The number of nitrogens with zero attached hydrogens (tertiary/aromatic N) is 3. The molecule has 4 rings (SSSR count). The molecule has 2 N–H and O–H groups in total. The fraction of sp³-hybridized carbons (Fsp3) is 0.174. The Labute approximate surface area is 189 Å². The van der Waals surface area contributed by atoms with E-state index >= 15 is 0 Å². The van der Waals surface area contributed by atoms with E-state index in [2.05, 4.69) is 15.2 Å². The molecule has 7 nitrogen and oxygen atoms in total. The number of carboxylic acids is 1. The molecule has 0 aliphatic carbocycles. The van der Waals surface area contributed by atoms with Gasteiger partial charge in [-0.15, -0.1) is 0 Å². The number of ether oxygens (including phenoxy) is 1. The average Bonchev–Trinajstić information content (AvgIpc) is 2.81. The molecule has 164 valence electrons. The van der Waals surface area contributed by atoms with E-state index in [0.29, 0.717) is 37.9 Å². The first-order valence-corrected chi connectivity index (χ1v) is 10.3. The third kappa shape index (κ3) is 5.22. The molecular formula is C23H20ClFN4O3. The van der Waals surface area contributed by atoms with Crippen molar-refractivity contribution >= 4 is 41.1 Å². The molecular weight excluding hydrogens is 435 g/mol. The summed E-state index contributed by atoms with van der Waals surface area (Å²) in [4.78, 5) is 22.1. The van der Waals surface area contributed by atoms with Crippen LogP contribution < -0.4 is 10.2 Å². The second-order valence-electron chi connectivity index (χ2n) is 7.08. The van der Waals surface area contributed by atoms with Crippen LogP contribution in [0, 0.1) is 5.82 Å². The van der Waals surface area contributed by atoms with Gasteiger partial charge in [0.1, 0.15) is 11.6 Å². The largest absolute Gasteiger partial charge is 0.478 e. The number of rotatable bonds is 6. The fourth-order valence-corrected chi connectivity index (χ4v) is 3.51. The number of aliphatic carboxylic acids is 1. The summed E-state index contributed by atoms with van der Waals surface area (Å²) in [6.45, 7) is 2.51. The lowest BCUT2D eigenvalue weighted by atomic mass is 10.0. The summed E-state index contributed by atoms with van der Waals surface area (Å²) in [7, 11) is 0. The zero-order valence-electron chi connectivity index (χ0n) is 17.0. The summed E-state index contributed by atoms with van der Waals surface area (Å²) >= 11 is 5.88. The van der Waals surface area contributed by atoms with E-state index in [0.717, 1.165) is 28.6 Å². The summed E-state index contributed by atoms with van der Waals surface area (Å²) in [5.41, 5.74) is 2.98. The van der Waals surface area contributed by atoms with E-state index in [1.807, 2.05) is 24.3 Å². The fourth-order valence-electron chi connectivity index (χ4n) is 3.33. The predicted octanol–water partition coefficient (Wildman–Crippen LogP) is 4.61. The van der Waals surface area contributed by atoms with Crippen molar-refractivity contribution < 1.29 is 19.0 Å². The van der Waals surface area contributed by atoms with Gasteiger partial charge >= 0.3 is 5.97 Å². The van der Waals surface area contributed by atoms with Gasteiger partial charge in [-0.3, -0.25) is 0 Å². The number of hydrogen-bond donors (Lipinski definition) is 2. The van der Waals surface area contributed by atoms with Crippen molar-refractivity contribution in [1.29, 1.82) is 0 Å². The number of benzene rings is 2. The molecule has 1 saturated heterocycles. The van der Waals surface area contributed by atoms with Crippen LogP contribution in [-0.2, 0) is 9.53 Å². The molecule has 0 bridgehead atoms. The lowest BCUT2D eigenvalue weighted by molar-refractivity contribution is -0.131. The third-order valence-electron chi connectivity index (χ3n) is 4.87. The predicted molar refractivity (Wildman–Crippen MR) is 122 cm³/mol. The van der Waals surface area contributed by atoms with Crippen LogP contribution in [0.15, 0.2) is 54.7 Å². The van der Waals surface area contributed by atoms with Crippen molar-refractivity contribution in [3.05, 3.63) is 71.1 Å². The van der Waals surface area contributed by atoms with Gasteiger partial charge in [0.2, 0.25) is 5.95 Å². The van der Waals surface area contributed by atoms with Crippen LogP contribution in [0.5, 0.6) is 0 Å². The second-order valence-corrected chi connectivity index (χ2v) is 7.49. The van der Waals surface area contributed by atoms with Crippen molar-refractivity contribution in [2.45, 2.75) is 0 Å². The smallest absolute Gasteiger partial charge is 0.328 e. The number of carboxylic acid groups (broad SMARTS) is 1. The number of hydrogen-bond acceptors (Lipinski definition) is 6. The molecule has 0 unspecified atom stereocenters. The zero-order chi connectivity index (χ0) is 22.5. The first-order chi connectivity index (χ1) is 15.5. The van der Waals surface area contributed by atoms with E-state index in [4.69, 9.17) is 26.4 Å². The van der Waals surface area contributed by atoms with Gasteiger partial charge in [-0.2, -0.15) is 4.98 Å². The summed E-state index contributed by atoms with van der Waals surface area (Å²) in [6.07, 6.45) is 4.35. The number of morpholine rings is 1. The first kappa shape index (κ1) is 21.7. The van der Waals surface area contributed by atoms with Crippen LogP contribution in [0.3, 0.4) is 0 Å². The maximum Gasteiger partial charge on any atom is 0.328 e. The Morgan fingerprint density at radius 1 is 1.22 bits per heavy atom. The highest BCUT2D eigenvalue weighted by Crippen LogP contribution is 2.32. The Morgan fingerprint density at radius 3 is 2.78 bits per heavy atom. The normalized spacial score (nSPS) is 14.0. The molecule has 1 aromatic heterocycles. The van der Waals surface area contributed by atoms with Crippen LogP contribution >= 0.6 is 11.6 Å². The monoisotopic (exact) mass is 454 g/mol. The van der Waals surface area contributed by atoms with Crippen LogP contribution in [0.1, 0.15) is 5.56 Å². The molecule has 1 fully saturated rings. The third-order valence-corrected chi connectivity index (χ3v) is 5.16. The van der Waals surface area contributed by atoms with Crippen molar-refractivity contribution in [1.82, 2.24) is 9.97 Å². The number of carbonyl (C=O) groups is 1. The summed E-state index contributed by atoms with van der Waals surface area (Å²) < 4.78 is 18.9. The molecule has 0 atom stereocenters. The summed E-state index contributed by atoms with van der Waals surface area (Å²) in [5.74, 6) is -0.443. The molecule has 0 radical (unpaired) electrons. The maximum absolute atomic E-state index is 13.5. The molecule has 3 aromatic rings. The Balaban J connectivity index is 1.71. The maximum atomic E-state index is 13.5. The summed E-state index contributed by atoms with van der Waals surface area (Å²) in [6, 6.07) is 11.8. The van der Waals surface area contributed by atoms with Gasteiger partial charge in [0.15, 0.2) is 0 Å². The van der Waals surface area contributed by atoms with Crippen molar-refractivity contribution in [3.8, 4) is 11.1 Å². The van der Waals surface area contributed by atoms with E-state index in [-0.39, 0.29) is 5.02 Å². The highest BCUT2D eigenvalue weighted by atomic mass is 35.5. The molecule has 0 amide bonds.